The van der Waals surface area contributed by atoms with E-state index in [-0.39, 0.29) is 17.2 Å². The highest BCUT2D eigenvalue weighted by atomic mass is 19.2. The largest absolute Gasteiger partial charge is 0.427 e. The maximum absolute atomic E-state index is 14.2. The Morgan fingerprint density at radius 2 is 1.67 bits per heavy atom. The van der Waals surface area contributed by atoms with Gasteiger partial charge in [0.05, 0.1) is 11.2 Å². The average Bonchev–Trinajstić information content (AvgIpc) is 2.51. The number of hydrogen-bond acceptors (Lipinski definition) is 5. The summed E-state index contributed by atoms with van der Waals surface area (Å²) < 4.78 is 38.8. The van der Waals surface area contributed by atoms with Crippen molar-refractivity contribution in [3.63, 3.8) is 0 Å². The van der Waals surface area contributed by atoms with Gasteiger partial charge in [-0.05, 0) is 45.3 Å². The molecule has 1 N–H and O–H groups in total. The third-order valence-electron chi connectivity index (χ3n) is 3.77. The van der Waals surface area contributed by atoms with Crippen LogP contribution in [-0.2, 0) is 4.65 Å². The zero-order valence-electron chi connectivity index (χ0n) is 13.9. The summed E-state index contributed by atoms with van der Waals surface area (Å²) in [6.07, 6.45) is 2.84. The van der Waals surface area contributed by atoms with Crippen molar-refractivity contribution in [3.05, 3.63) is 42.2 Å². The molecule has 0 fully saturated rings. The summed E-state index contributed by atoms with van der Waals surface area (Å²) in [5.74, 6) is -2.64. The molecule has 1 aromatic carbocycles. The molecule has 0 aliphatic rings. The highest BCUT2D eigenvalue weighted by Gasteiger charge is 2.36. The van der Waals surface area contributed by atoms with Crippen molar-refractivity contribution < 1.29 is 23.3 Å². The maximum atomic E-state index is 14.2. The predicted molar refractivity (Wildman–Crippen MR) is 85.3 cm³/mol. The molecular weight excluding hydrogens is 317 g/mol. The van der Waals surface area contributed by atoms with E-state index in [1.54, 1.807) is 33.8 Å². The minimum atomic E-state index is -1.18. The number of aromatic nitrogens is 2. The summed E-state index contributed by atoms with van der Waals surface area (Å²) in [6, 6.07) is 4.04. The molecule has 0 saturated heterocycles. The molecule has 2 aromatic rings. The second-order valence-corrected chi connectivity index (χ2v) is 6.22. The van der Waals surface area contributed by atoms with Gasteiger partial charge in [0.1, 0.15) is 0 Å². The summed E-state index contributed by atoms with van der Waals surface area (Å²) in [6.45, 7) is 6.41. The SMILES string of the molecule is CC(C)(O)C(C)(C)O[B]c1ccc(Oc2ncccn2)c(F)c1F. The molecule has 24 heavy (non-hydrogen) atoms. The van der Waals surface area contributed by atoms with Gasteiger partial charge in [-0.3, -0.25) is 0 Å². The molecule has 0 unspecified atom stereocenters. The first-order valence-corrected chi connectivity index (χ1v) is 7.28. The highest BCUT2D eigenvalue weighted by Crippen LogP contribution is 2.25. The molecule has 5 nitrogen and oxygen atoms in total. The summed E-state index contributed by atoms with van der Waals surface area (Å²) in [7, 11) is 1.07. The topological polar surface area (TPSA) is 64.5 Å². The van der Waals surface area contributed by atoms with Crippen molar-refractivity contribution in [1.29, 1.82) is 0 Å². The fourth-order valence-electron chi connectivity index (χ4n) is 1.51. The quantitative estimate of drug-likeness (QED) is 0.821. The van der Waals surface area contributed by atoms with Gasteiger partial charge in [-0.2, -0.15) is 4.39 Å². The minimum Gasteiger partial charge on any atom is -0.427 e. The predicted octanol–water partition coefficient (Wildman–Crippen LogP) is 2.36. The van der Waals surface area contributed by atoms with Gasteiger partial charge in [0, 0.05) is 12.4 Å². The molecule has 1 radical (unpaired) electrons. The van der Waals surface area contributed by atoms with Crippen LogP contribution >= 0.6 is 0 Å². The van der Waals surface area contributed by atoms with Crippen LogP contribution in [0, 0.1) is 11.6 Å². The molecule has 0 atom stereocenters. The van der Waals surface area contributed by atoms with Gasteiger partial charge in [-0.15, -0.1) is 0 Å². The summed E-state index contributed by atoms with van der Waals surface area (Å²) >= 11 is 0. The minimum absolute atomic E-state index is 0.0908. The summed E-state index contributed by atoms with van der Waals surface area (Å²) in [5, 5.41) is 10.0. The Bertz CT molecular complexity index is 706. The number of nitrogens with zero attached hydrogens (tertiary/aromatic N) is 2. The van der Waals surface area contributed by atoms with Gasteiger partial charge in [0.15, 0.2) is 11.6 Å². The first kappa shape index (κ1) is 18.3. The van der Waals surface area contributed by atoms with Crippen LogP contribution in [0.4, 0.5) is 8.78 Å². The van der Waals surface area contributed by atoms with E-state index in [9.17, 15) is 13.9 Å². The first-order chi connectivity index (χ1) is 11.1. The van der Waals surface area contributed by atoms with Crippen molar-refractivity contribution in [2.24, 2.45) is 0 Å². The normalized spacial score (nSPS) is 12.1. The van der Waals surface area contributed by atoms with E-state index in [2.05, 4.69) is 9.97 Å². The molecule has 1 aromatic heterocycles. The molecule has 0 bridgehead atoms. The molecule has 0 spiro atoms. The lowest BCUT2D eigenvalue weighted by atomic mass is 9.82. The Morgan fingerprint density at radius 3 is 2.25 bits per heavy atom. The molecule has 0 saturated carbocycles. The van der Waals surface area contributed by atoms with Crippen molar-refractivity contribution in [3.8, 4) is 11.8 Å². The van der Waals surface area contributed by atoms with E-state index in [0.29, 0.717) is 0 Å². The Balaban J connectivity index is 2.15. The molecule has 1 heterocycles. The number of rotatable bonds is 6. The van der Waals surface area contributed by atoms with E-state index in [4.69, 9.17) is 9.39 Å². The van der Waals surface area contributed by atoms with Crippen LogP contribution in [0.15, 0.2) is 30.6 Å². The third-order valence-corrected chi connectivity index (χ3v) is 3.77. The fourth-order valence-corrected chi connectivity index (χ4v) is 1.51. The molecule has 0 aliphatic heterocycles. The lowest BCUT2D eigenvalue weighted by Crippen LogP contribution is -2.49. The number of benzene rings is 1. The Morgan fingerprint density at radius 1 is 1.04 bits per heavy atom. The monoisotopic (exact) mass is 335 g/mol. The first-order valence-electron chi connectivity index (χ1n) is 7.28. The van der Waals surface area contributed by atoms with Crippen LogP contribution in [-0.4, -0.2) is 33.8 Å². The molecule has 0 amide bonds. The van der Waals surface area contributed by atoms with E-state index in [1.165, 1.54) is 24.5 Å². The second-order valence-electron chi connectivity index (χ2n) is 6.22. The van der Waals surface area contributed by atoms with Gasteiger partial charge in [-0.25, -0.2) is 14.4 Å². The molecule has 127 valence electrons. The summed E-state index contributed by atoms with van der Waals surface area (Å²) in [4.78, 5) is 7.56. The molecule has 2 rings (SSSR count). The molecule has 0 aliphatic carbocycles. The van der Waals surface area contributed by atoms with Gasteiger partial charge in [-0.1, -0.05) is 6.07 Å². The Kier molecular flexibility index (Phi) is 5.20. The van der Waals surface area contributed by atoms with Gasteiger partial charge >= 0.3 is 13.5 Å². The highest BCUT2D eigenvalue weighted by molar-refractivity contribution is 6.47. The standard InChI is InChI=1S/C16H18BF2N2O3/c1-15(2,22)16(3,4)24-17-10-6-7-11(13(19)12(10)18)23-14-20-8-5-9-21-14/h5-9,22H,1-4H3. The second kappa shape index (κ2) is 6.82. The zero-order valence-corrected chi connectivity index (χ0v) is 13.9. The van der Waals surface area contributed by atoms with E-state index < -0.39 is 22.8 Å². The molecule has 8 heteroatoms. The van der Waals surface area contributed by atoms with Crippen LogP contribution in [0.1, 0.15) is 27.7 Å². The number of hydrogen-bond donors (Lipinski definition) is 1. The number of ether oxygens (including phenoxy) is 1. The van der Waals surface area contributed by atoms with E-state index in [1.807, 2.05) is 0 Å². The van der Waals surface area contributed by atoms with Crippen LogP contribution in [0.2, 0.25) is 0 Å². The van der Waals surface area contributed by atoms with Crippen molar-refractivity contribution in [2.45, 2.75) is 38.9 Å². The summed E-state index contributed by atoms with van der Waals surface area (Å²) in [5.41, 5.74) is -2.28. The van der Waals surface area contributed by atoms with Crippen LogP contribution in [0.5, 0.6) is 11.8 Å². The van der Waals surface area contributed by atoms with Crippen LogP contribution in [0.25, 0.3) is 0 Å². The number of halogens is 2. The Labute approximate surface area is 139 Å². The fraction of sp³-hybridized carbons (Fsp3) is 0.375. The van der Waals surface area contributed by atoms with Gasteiger partial charge in [0.25, 0.3) is 0 Å². The van der Waals surface area contributed by atoms with Crippen molar-refractivity contribution in [2.75, 3.05) is 0 Å². The van der Waals surface area contributed by atoms with E-state index >= 15 is 0 Å². The van der Waals surface area contributed by atoms with Crippen LogP contribution in [0.3, 0.4) is 0 Å². The lowest BCUT2D eigenvalue weighted by molar-refractivity contribution is -0.0893. The van der Waals surface area contributed by atoms with Crippen molar-refractivity contribution in [1.82, 2.24) is 9.97 Å². The van der Waals surface area contributed by atoms with E-state index in [0.717, 1.165) is 7.48 Å². The average molecular weight is 335 g/mol. The van der Waals surface area contributed by atoms with Gasteiger partial charge in [0.2, 0.25) is 5.82 Å². The Hall–Kier alpha value is -2.06. The third kappa shape index (κ3) is 4.07. The number of aliphatic hydroxyl groups is 1. The maximum Gasteiger partial charge on any atom is 0.334 e. The van der Waals surface area contributed by atoms with Crippen molar-refractivity contribution >= 4 is 12.9 Å². The zero-order chi connectivity index (χ0) is 18.0. The molecular formula is C16H18BF2N2O3. The van der Waals surface area contributed by atoms with Gasteiger partial charge < -0.3 is 14.5 Å². The smallest absolute Gasteiger partial charge is 0.334 e. The lowest BCUT2D eigenvalue weighted by Gasteiger charge is -2.37. The van der Waals surface area contributed by atoms with Crippen LogP contribution < -0.4 is 10.2 Å².